The maximum Gasteiger partial charge on any atom is 0.286 e. The van der Waals surface area contributed by atoms with Gasteiger partial charge in [0.1, 0.15) is 6.54 Å². The van der Waals surface area contributed by atoms with E-state index in [4.69, 9.17) is 0 Å². The van der Waals surface area contributed by atoms with Gasteiger partial charge in [-0.15, -0.1) is 0 Å². The Morgan fingerprint density at radius 1 is 1.03 bits per heavy atom. The van der Waals surface area contributed by atoms with Crippen LogP contribution in [0.5, 0.6) is 0 Å². The first-order chi connectivity index (χ1) is 15.3. The molecule has 0 bridgehead atoms. The van der Waals surface area contributed by atoms with Crippen molar-refractivity contribution in [3.8, 4) is 11.3 Å². The van der Waals surface area contributed by atoms with E-state index >= 15 is 0 Å². The lowest BCUT2D eigenvalue weighted by molar-refractivity contribution is -0.917. The molecule has 1 amide bonds. The predicted molar refractivity (Wildman–Crippen MR) is 124 cm³/mol. The van der Waals surface area contributed by atoms with Gasteiger partial charge in [0.2, 0.25) is 0 Å². The number of nitrogens with one attached hydrogen (secondary N) is 2. The minimum absolute atomic E-state index is 0.167. The zero-order valence-corrected chi connectivity index (χ0v) is 17.9. The Balaban J connectivity index is 1.23. The summed E-state index contributed by atoms with van der Waals surface area (Å²) in [4.78, 5) is 21.4. The van der Waals surface area contributed by atoms with Gasteiger partial charge in [0.25, 0.3) is 5.91 Å². The van der Waals surface area contributed by atoms with Crippen LogP contribution in [0.4, 0.5) is 0 Å². The minimum Gasteiger partial charge on any atom is -0.339 e. The average molecular weight is 431 g/mol. The van der Waals surface area contributed by atoms with Crippen molar-refractivity contribution in [3.63, 3.8) is 0 Å². The fourth-order valence-corrected chi connectivity index (χ4v) is 4.95. The topological polar surface area (TPSA) is 65.8 Å². The molecule has 0 unspecified atom stereocenters. The van der Waals surface area contributed by atoms with Crippen molar-refractivity contribution in [2.45, 2.75) is 6.54 Å². The summed E-state index contributed by atoms with van der Waals surface area (Å²) in [6, 6.07) is 20.6. The Hall–Kier alpha value is -3.16. The van der Waals surface area contributed by atoms with Crippen LogP contribution in [0.3, 0.4) is 0 Å². The third-order valence-electron chi connectivity index (χ3n) is 5.66. The van der Waals surface area contributed by atoms with Crippen LogP contribution in [0.25, 0.3) is 17.3 Å². The van der Waals surface area contributed by atoms with Gasteiger partial charge in [-0.05, 0) is 17.8 Å². The number of thioether (sulfide) groups is 1. The Bertz CT molecular complexity index is 1120. The molecule has 0 spiro atoms. The van der Waals surface area contributed by atoms with Crippen molar-refractivity contribution < 1.29 is 9.69 Å². The highest BCUT2D eigenvalue weighted by Crippen LogP contribution is 2.32. The van der Waals surface area contributed by atoms with Crippen LogP contribution in [-0.4, -0.2) is 52.4 Å². The third-order valence-corrected chi connectivity index (χ3v) is 6.71. The molecule has 3 heterocycles. The maximum absolute atomic E-state index is 12.6. The van der Waals surface area contributed by atoms with Crippen molar-refractivity contribution in [2.24, 2.45) is 4.99 Å². The number of aliphatic imine (C=N–C) groups is 1. The van der Waals surface area contributed by atoms with E-state index in [-0.39, 0.29) is 5.91 Å². The number of carbonyl (C=O) groups is 1. The van der Waals surface area contributed by atoms with Gasteiger partial charge in [0.15, 0.2) is 5.17 Å². The molecule has 1 aromatic heterocycles. The normalized spacial score (nSPS) is 18.6. The van der Waals surface area contributed by atoms with Gasteiger partial charge in [-0.2, -0.15) is 10.1 Å². The summed E-state index contributed by atoms with van der Waals surface area (Å²) in [6.07, 6.45) is 3.65. The van der Waals surface area contributed by atoms with Gasteiger partial charge in [-0.3, -0.25) is 9.89 Å². The first-order valence-corrected chi connectivity index (χ1v) is 11.3. The second-order valence-electron chi connectivity index (χ2n) is 7.78. The standard InChI is InChI=1S/C24H23N5OS/c30-23-21(15-20-16-25-27-22(20)19-9-5-2-6-10-19)31-24(26-23)29-13-11-28(12-14-29)17-18-7-3-1-4-8-18/h1-10,15-16H,11-14,17H2,(H,25,27)/p+1/b21-15-. The van der Waals surface area contributed by atoms with E-state index in [9.17, 15) is 4.79 Å². The Morgan fingerprint density at radius 2 is 1.74 bits per heavy atom. The van der Waals surface area contributed by atoms with Gasteiger partial charge in [0.05, 0.1) is 43.0 Å². The highest BCUT2D eigenvalue weighted by Gasteiger charge is 2.30. The van der Waals surface area contributed by atoms with Gasteiger partial charge in [0, 0.05) is 16.7 Å². The monoisotopic (exact) mass is 430 g/mol. The first-order valence-electron chi connectivity index (χ1n) is 10.5. The highest BCUT2D eigenvalue weighted by atomic mass is 32.2. The molecule has 7 heteroatoms. The lowest BCUT2D eigenvalue weighted by Gasteiger charge is -2.32. The van der Waals surface area contributed by atoms with Crippen molar-refractivity contribution >= 4 is 28.9 Å². The van der Waals surface area contributed by atoms with Crippen molar-refractivity contribution in [1.29, 1.82) is 0 Å². The van der Waals surface area contributed by atoms with E-state index in [2.05, 4.69) is 50.4 Å². The van der Waals surface area contributed by atoms with Crippen molar-refractivity contribution in [1.82, 2.24) is 15.1 Å². The van der Waals surface area contributed by atoms with Crippen LogP contribution in [0.2, 0.25) is 0 Å². The summed E-state index contributed by atoms with van der Waals surface area (Å²) in [7, 11) is 0. The van der Waals surface area contributed by atoms with Crippen LogP contribution in [0.15, 0.2) is 76.8 Å². The summed E-state index contributed by atoms with van der Waals surface area (Å²) in [6.45, 7) is 4.95. The molecular formula is C24H24N5OS+. The largest absolute Gasteiger partial charge is 0.339 e. The molecule has 5 rings (SSSR count). The lowest BCUT2D eigenvalue weighted by atomic mass is 10.1. The zero-order valence-electron chi connectivity index (χ0n) is 17.1. The molecule has 0 aliphatic carbocycles. The number of piperazine rings is 1. The molecule has 0 atom stereocenters. The van der Waals surface area contributed by atoms with Crippen molar-refractivity contribution in [3.05, 3.63) is 82.9 Å². The van der Waals surface area contributed by atoms with Crippen LogP contribution < -0.4 is 4.90 Å². The van der Waals surface area contributed by atoms with Gasteiger partial charge < -0.3 is 9.80 Å². The Morgan fingerprint density at radius 3 is 2.48 bits per heavy atom. The number of quaternary nitrogens is 1. The number of nitrogens with zero attached hydrogens (tertiary/aromatic N) is 3. The van der Waals surface area contributed by atoms with Crippen LogP contribution in [-0.2, 0) is 11.3 Å². The second kappa shape index (κ2) is 8.91. The fraction of sp³-hybridized carbons (Fsp3) is 0.208. The first kappa shape index (κ1) is 19.8. The maximum atomic E-state index is 12.6. The number of benzene rings is 2. The average Bonchev–Trinajstić information content (AvgIpc) is 3.43. The number of amidine groups is 1. The molecule has 0 saturated carbocycles. The van der Waals surface area contributed by atoms with Crippen LogP contribution in [0, 0.1) is 0 Å². The number of hydrogen-bond donors (Lipinski definition) is 2. The van der Waals surface area contributed by atoms with Crippen LogP contribution in [0.1, 0.15) is 11.1 Å². The van der Waals surface area contributed by atoms with E-state index in [1.54, 1.807) is 11.1 Å². The predicted octanol–water partition coefficient (Wildman–Crippen LogP) is 2.45. The number of amides is 1. The molecular weight excluding hydrogens is 406 g/mol. The smallest absolute Gasteiger partial charge is 0.286 e. The summed E-state index contributed by atoms with van der Waals surface area (Å²) in [5, 5.41) is 8.04. The second-order valence-corrected chi connectivity index (χ2v) is 8.79. The molecule has 3 aromatic rings. The van der Waals surface area contributed by atoms with Crippen molar-refractivity contribution in [2.75, 3.05) is 26.2 Å². The number of carbonyl (C=O) groups excluding carboxylic acids is 1. The minimum atomic E-state index is -0.167. The van der Waals surface area contributed by atoms with Gasteiger partial charge >= 0.3 is 0 Å². The molecule has 6 nitrogen and oxygen atoms in total. The molecule has 31 heavy (non-hydrogen) atoms. The lowest BCUT2D eigenvalue weighted by Crippen LogP contribution is -3.13. The third kappa shape index (κ3) is 4.47. The summed E-state index contributed by atoms with van der Waals surface area (Å²) in [5.41, 5.74) is 4.22. The van der Waals surface area contributed by atoms with E-state index in [0.29, 0.717) is 4.91 Å². The number of aromatic nitrogens is 2. The van der Waals surface area contributed by atoms with E-state index in [1.165, 1.54) is 17.3 Å². The van der Waals surface area contributed by atoms with Gasteiger partial charge in [-0.25, -0.2) is 0 Å². The molecule has 1 fully saturated rings. The molecule has 156 valence electrons. The Kier molecular flexibility index (Phi) is 5.69. The number of H-pyrrole nitrogens is 1. The number of aromatic amines is 1. The molecule has 2 N–H and O–H groups in total. The molecule has 2 aromatic carbocycles. The van der Waals surface area contributed by atoms with Crippen LogP contribution >= 0.6 is 11.8 Å². The SMILES string of the molecule is O=C1N=C(N2CC[NH+](Cc3ccccc3)CC2)S/C1=C\c1cn[nH]c1-c1ccccc1. The summed E-state index contributed by atoms with van der Waals surface area (Å²) >= 11 is 1.47. The van der Waals surface area contributed by atoms with E-state index in [1.807, 2.05) is 36.4 Å². The highest BCUT2D eigenvalue weighted by molar-refractivity contribution is 8.18. The molecule has 2 aliphatic rings. The fourth-order valence-electron chi connectivity index (χ4n) is 3.99. The molecule has 2 aliphatic heterocycles. The summed E-state index contributed by atoms with van der Waals surface area (Å²) in [5.74, 6) is -0.167. The molecule has 1 saturated heterocycles. The number of hydrogen-bond acceptors (Lipinski definition) is 4. The molecule has 0 radical (unpaired) electrons. The van der Waals surface area contributed by atoms with E-state index in [0.717, 1.165) is 54.7 Å². The quantitative estimate of drug-likeness (QED) is 0.624. The number of rotatable bonds is 4. The van der Waals surface area contributed by atoms with E-state index < -0.39 is 0 Å². The van der Waals surface area contributed by atoms with Gasteiger partial charge in [-0.1, -0.05) is 60.7 Å². The Labute approximate surface area is 185 Å². The summed E-state index contributed by atoms with van der Waals surface area (Å²) < 4.78 is 0. The zero-order chi connectivity index (χ0) is 21.0.